The average molecular weight is 436 g/mol. The molecule has 1 unspecified atom stereocenters. The number of benzene rings is 2. The highest BCUT2D eigenvalue weighted by Crippen LogP contribution is 2.48. The largest absolute Gasteiger partial charge is 0.462 e. The molecule has 7 heteroatoms. The Morgan fingerprint density at radius 3 is 2.69 bits per heavy atom. The van der Waals surface area contributed by atoms with E-state index in [1.807, 2.05) is 30.3 Å². The van der Waals surface area contributed by atoms with E-state index in [2.05, 4.69) is 0 Å². The lowest BCUT2D eigenvalue weighted by molar-refractivity contribution is -0.141. The Morgan fingerprint density at radius 1 is 1.09 bits per heavy atom. The van der Waals surface area contributed by atoms with Crippen LogP contribution < -0.4 is 4.74 Å². The molecule has 3 aliphatic rings. The van der Waals surface area contributed by atoms with Crippen molar-refractivity contribution in [3.63, 3.8) is 0 Å². The number of para-hydroxylation sites is 1. The summed E-state index contributed by atoms with van der Waals surface area (Å²) < 4.78 is 23.5. The third kappa shape index (κ3) is 3.89. The quantitative estimate of drug-likeness (QED) is 0.569. The van der Waals surface area contributed by atoms with Crippen LogP contribution in [0.3, 0.4) is 0 Å². The minimum Gasteiger partial charge on any atom is -0.462 e. The van der Waals surface area contributed by atoms with Crippen LogP contribution in [0.1, 0.15) is 28.8 Å². The molecule has 0 amide bonds. The first-order valence-electron chi connectivity index (χ1n) is 10.8. The smallest absolute Gasteiger partial charge is 0.338 e. The highest BCUT2D eigenvalue weighted by atomic mass is 16.7. The summed E-state index contributed by atoms with van der Waals surface area (Å²) in [6.45, 7) is 0.122. The van der Waals surface area contributed by atoms with E-state index >= 15 is 0 Å². The molecule has 166 valence electrons. The monoisotopic (exact) mass is 436 g/mol. The molecule has 5 rings (SSSR count). The van der Waals surface area contributed by atoms with Gasteiger partial charge < -0.3 is 24.1 Å². The normalized spacial score (nSPS) is 29.0. The van der Waals surface area contributed by atoms with Crippen molar-refractivity contribution in [1.29, 1.82) is 0 Å². The van der Waals surface area contributed by atoms with Crippen molar-refractivity contribution in [1.82, 2.24) is 0 Å². The second-order valence-corrected chi connectivity index (χ2v) is 8.22. The van der Waals surface area contributed by atoms with E-state index < -0.39 is 18.4 Å². The van der Waals surface area contributed by atoms with Crippen LogP contribution in [0, 0.1) is 11.8 Å². The Balaban J connectivity index is 1.44. The maximum atomic E-state index is 12.8. The number of hydrogen-bond donors (Lipinski definition) is 1. The molecule has 32 heavy (non-hydrogen) atoms. The summed E-state index contributed by atoms with van der Waals surface area (Å²) in [5.74, 6) is -0.554. The molecule has 5 atom stereocenters. The third-order valence-corrected chi connectivity index (χ3v) is 6.34. The van der Waals surface area contributed by atoms with Crippen molar-refractivity contribution in [2.24, 2.45) is 11.8 Å². The van der Waals surface area contributed by atoms with Crippen LogP contribution in [0.5, 0.6) is 5.75 Å². The molecule has 0 bridgehead atoms. The molecule has 1 saturated heterocycles. The van der Waals surface area contributed by atoms with Gasteiger partial charge in [-0.1, -0.05) is 42.5 Å². The van der Waals surface area contributed by atoms with Gasteiger partial charge in [0, 0.05) is 29.4 Å². The molecule has 1 aliphatic carbocycles. The van der Waals surface area contributed by atoms with Gasteiger partial charge in [0.1, 0.15) is 18.0 Å². The number of carbonyl (C=O) groups excluding carboxylic acids is 2. The highest BCUT2D eigenvalue weighted by Gasteiger charge is 2.54. The number of fused-ring (bicyclic) bond motifs is 2. The molecule has 7 nitrogen and oxygen atoms in total. The van der Waals surface area contributed by atoms with Gasteiger partial charge in [-0.3, -0.25) is 4.79 Å². The summed E-state index contributed by atoms with van der Waals surface area (Å²) in [6.07, 6.45) is 0.617. The van der Waals surface area contributed by atoms with Crippen LogP contribution in [0.2, 0.25) is 0 Å². The lowest BCUT2D eigenvalue weighted by atomic mass is 9.84. The SMILES string of the molecule is O=C1C[C@@H]2[C@H](/C(=C\CO)C3OCc4ccccc4O3)[C@H](OC(=O)c3ccccc3)C[C@@H]2O1. The van der Waals surface area contributed by atoms with Crippen molar-refractivity contribution in [2.45, 2.75) is 37.9 Å². The van der Waals surface area contributed by atoms with Gasteiger partial charge in [0.15, 0.2) is 0 Å². The summed E-state index contributed by atoms with van der Waals surface area (Å²) in [7, 11) is 0. The molecule has 0 aromatic heterocycles. The number of rotatable bonds is 5. The number of aliphatic hydroxyl groups excluding tert-OH is 1. The molecular formula is C25H24O7. The van der Waals surface area contributed by atoms with Gasteiger partial charge in [-0.15, -0.1) is 0 Å². The molecule has 2 aromatic carbocycles. The highest BCUT2D eigenvalue weighted by molar-refractivity contribution is 5.89. The van der Waals surface area contributed by atoms with Crippen LogP contribution >= 0.6 is 0 Å². The molecule has 2 fully saturated rings. The van der Waals surface area contributed by atoms with E-state index in [1.54, 1.807) is 30.3 Å². The van der Waals surface area contributed by atoms with Crippen molar-refractivity contribution in [3.05, 3.63) is 77.4 Å². The summed E-state index contributed by atoms with van der Waals surface area (Å²) >= 11 is 0. The van der Waals surface area contributed by atoms with Crippen LogP contribution in [0.4, 0.5) is 0 Å². The van der Waals surface area contributed by atoms with Crippen LogP contribution in [-0.4, -0.2) is 42.1 Å². The fourth-order valence-electron chi connectivity index (χ4n) is 4.94. The van der Waals surface area contributed by atoms with Crippen LogP contribution in [0.25, 0.3) is 0 Å². The van der Waals surface area contributed by atoms with Crippen molar-refractivity contribution < 1.29 is 33.6 Å². The van der Waals surface area contributed by atoms with E-state index in [1.165, 1.54) is 0 Å². The minimum atomic E-state index is -0.755. The van der Waals surface area contributed by atoms with Gasteiger partial charge >= 0.3 is 11.9 Å². The van der Waals surface area contributed by atoms with E-state index in [0.717, 1.165) is 5.56 Å². The predicted molar refractivity (Wildman–Crippen MR) is 113 cm³/mol. The first-order valence-corrected chi connectivity index (χ1v) is 10.8. The third-order valence-electron chi connectivity index (χ3n) is 6.34. The van der Waals surface area contributed by atoms with Crippen molar-refractivity contribution in [2.75, 3.05) is 6.61 Å². The number of hydrogen-bond acceptors (Lipinski definition) is 7. The molecule has 2 heterocycles. The van der Waals surface area contributed by atoms with Crippen molar-refractivity contribution in [3.8, 4) is 5.75 Å². The first kappa shape index (κ1) is 20.7. The zero-order valence-electron chi connectivity index (χ0n) is 17.4. The summed E-state index contributed by atoms with van der Waals surface area (Å²) in [5, 5.41) is 9.77. The molecule has 0 radical (unpaired) electrons. The maximum absolute atomic E-state index is 12.8. The second kappa shape index (κ2) is 8.76. The Hall–Kier alpha value is -3.16. The average Bonchev–Trinajstić information content (AvgIpc) is 3.33. The predicted octanol–water partition coefficient (Wildman–Crippen LogP) is 3.02. The topological polar surface area (TPSA) is 91.3 Å². The first-order chi connectivity index (χ1) is 15.6. The van der Waals surface area contributed by atoms with Gasteiger partial charge in [-0.05, 0) is 18.2 Å². The summed E-state index contributed by atoms with van der Waals surface area (Å²) in [6, 6.07) is 16.4. The Morgan fingerprint density at radius 2 is 1.88 bits per heavy atom. The molecule has 2 aliphatic heterocycles. The number of carbonyl (C=O) groups is 2. The molecular weight excluding hydrogens is 412 g/mol. The van der Waals surface area contributed by atoms with Crippen molar-refractivity contribution >= 4 is 11.9 Å². The summed E-state index contributed by atoms with van der Waals surface area (Å²) in [4.78, 5) is 24.8. The van der Waals surface area contributed by atoms with Gasteiger partial charge in [-0.25, -0.2) is 4.79 Å². The fraction of sp³-hybridized carbons (Fsp3) is 0.360. The van der Waals surface area contributed by atoms with E-state index in [-0.39, 0.29) is 36.9 Å². The molecule has 1 N–H and O–H groups in total. The minimum absolute atomic E-state index is 0.182. The maximum Gasteiger partial charge on any atom is 0.338 e. The van der Waals surface area contributed by atoms with E-state index in [0.29, 0.717) is 29.9 Å². The molecule has 1 saturated carbocycles. The zero-order chi connectivity index (χ0) is 22.1. The lowest BCUT2D eigenvalue weighted by Crippen LogP contribution is -2.37. The van der Waals surface area contributed by atoms with Crippen LogP contribution in [-0.2, 0) is 25.6 Å². The Labute approximate surface area is 185 Å². The summed E-state index contributed by atoms with van der Waals surface area (Å²) in [5.41, 5.74) is 2.05. The van der Waals surface area contributed by atoms with Gasteiger partial charge in [0.2, 0.25) is 6.29 Å². The van der Waals surface area contributed by atoms with E-state index in [9.17, 15) is 14.7 Å². The van der Waals surface area contributed by atoms with Crippen LogP contribution in [0.15, 0.2) is 66.2 Å². The molecule has 0 spiro atoms. The number of aliphatic hydroxyl groups is 1. The zero-order valence-corrected chi connectivity index (χ0v) is 17.4. The number of esters is 2. The number of ether oxygens (including phenoxy) is 4. The second-order valence-electron chi connectivity index (χ2n) is 8.22. The standard InChI is InChI=1S/C25H24O7/c26-11-10-17(25-29-14-16-8-4-5-9-19(16)32-25)23-18-12-22(27)30-20(18)13-21(23)31-24(28)15-6-2-1-3-7-15/h1-10,18,20-21,23,25-26H,11-14H2/b17-10+/t18-,20-,21+,23-,25?/m0/s1. The Kier molecular flexibility index (Phi) is 5.68. The molecule has 2 aromatic rings. The van der Waals surface area contributed by atoms with Gasteiger partial charge in [-0.2, -0.15) is 0 Å². The van der Waals surface area contributed by atoms with E-state index in [4.69, 9.17) is 18.9 Å². The van der Waals surface area contributed by atoms with Gasteiger partial charge in [0.05, 0.1) is 25.2 Å². The van der Waals surface area contributed by atoms with Gasteiger partial charge in [0.25, 0.3) is 0 Å². The fourth-order valence-corrected chi connectivity index (χ4v) is 4.94. The lowest BCUT2D eigenvalue weighted by Gasteiger charge is -2.34. The Bertz CT molecular complexity index is 1030.